The number of amides is 1. The highest BCUT2D eigenvalue weighted by molar-refractivity contribution is 5.73. The number of hydrogen-bond donors (Lipinski definition) is 0. The Morgan fingerprint density at radius 1 is 1.45 bits per heavy atom. The molecule has 0 atom stereocenters. The van der Waals surface area contributed by atoms with E-state index < -0.39 is 0 Å². The highest BCUT2D eigenvalue weighted by atomic mass is 16.4. The molecule has 0 spiro atoms. The molecule has 2 aromatic heterocycles. The first-order valence-electron chi connectivity index (χ1n) is 6.84. The monoisotopic (exact) mass is 271 g/mol. The number of hydrogen-bond acceptors (Lipinski definition) is 4. The normalized spacial score (nSPS) is 14.2. The van der Waals surface area contributed by atoms with Crippen LogP contribution >= 0.6 is 0 Å². The maximum Gasteiger partial charge on any atom is 0.219 e. The zero-order valence-electron chi connectivity index (χ0n) is 11.5. The highest BCUT2D eigenvalue weighted by Gasteiger charge is 2.23. The number of fused-ring (bicyclic) bond motifs is 1. The molecule has 0 N–H and O–H groups in total. The SMILES string of the molecule is CC(=O)N1CCc2oc(CCc3cccnc3)nc2C1. The standard InChI is InChI=1S/C15H17N3O2/c1-11(19)18-8-6-14-13(10-18)17-15(20-14)5-4-12-3-2-7-16-9-12/h2-3,7,9H,4-6,8,10H2,1H3. The van der Waals surface area contributed by atoms with E-state index >= 15 is 0 Å². The molecule has 0 saturated heterocycles. The lowest BCUT2D eigenvalue weighted by molar-refractivity contribution is -0.129. The van der Waals surface area contributed by atoms with Gasteiger partial charge in [-0.3, -0.25) is 9.78 Å². The van der Waals surface area contributed by atoms with Crippen LogP contribution in [0.5, 0.6) is 0 Å². The van der Waals surface area contributed by atoms with Gasteiger partial charge in [-0.25, -0.2) is 4.98 Å². The maximum atomic E-state index is 11.4. The molecule has 0 radical (unpaired) electrons. The molecule has 1 aliphatic rings. The summed E-state index contributed by atoms with van der Waals surface area (Å²) in [7, 11) is 0. The number of nitrogens with zero attached hydrogens (tertiary/aromatic N) is 3. The summed E-state index contributed by atoms with van der Waals surface area (Å²) in [5, 5.41) is 0. The van der Waals surface area contributed by atoms with Gasteiger partial charge < -0.3 is 9.32 Å². The minimum atomic E-state index is 0.0931. The molecule has 5 heteroatoms. The van der Waals surface area contributed by atoms with Gasteiger partial charge >= 0.3 is 0 Å². The van der Waals surface area contributed by atoms with E-state index in [0.717, 1.165) is 43.2 Å². The summed E-state index contributed by atoms with van der Waals surface area (Å²) in [6.45, 7) is 2.88. The van der Waals surface area contributed by atoms with Crippen LogP contribution in [0.3, 0.4) is 0 Å². The van der Waals surface area contributed by atoms with Crippen molar-refractivity contribution >= 4 is 5.91 Å². The van der Waals surface area contributed by atoms with E-state index in [1.165, 1.54) is 5.56 Å². The molecule has 5 nitrogen and oxygen atoms in total. The van der Waals surface area contributed by atoms with E-state index in [2.05, 4.69) is 9.97 Å². The number of rotatable bonds is 3. The third-order valence-corrected chi connectivity index (χ3v) is 3.57. The first kappa shape index (κ1) is 12.8. The van der Waals surface area contributed by atoms with Crippen molar-refractivity contribution in [3.8, 4) is 0 Å². The van der Waals surface area contributed by atoms with Crippen molar-refractivity contribution in [2.45, 2.75) is 32.7 Å². The molecular weight excluding hydrogens is 254 g/mol. The van der Waals surface area contributed by atoms with Gasteiger partial charge in [-0.1, -0.05) is 6.07 Å². The molecule has 3 rings (SSSR count). The first-order valence-corrected chi connectivity index (χ1v) is 6.84. The number of aryl methyl sites for hydroxylation is 2. The average molecular weight is 271 g/mol. The molecule has 0 unspecified atom stereocenters. The Hall–Kier alpha value is -2.17. The van der Waals surface area contributed by atoms with Crippen LogP contribution in [0.25, 0.3) is 0 Å². The van der Waals surface area contributed by atoms with E-state index in [1.54, 1.807) is 18.0 Å². The third-order valence-electron chi connectivity index (χ3n) is 3.57. The lowest BCUT2D eigenvalue weighted by atomic mass is 10.1. The molecule has 0 aliphatic carbocycles. The van der Waals surface area contributed by atoms with E-state index in [9.17, 15) is 4.79 Å². The molecule has 0 saturated carbocycles. The lowest BCUT2D eigenvalue weighted by Crippen LogP contribution is -2.33. The zero-order valence-corrected chi connectivity index (χ0v) is 11.5. The molecule has 0 bridgehead atoms. The minimum Gasteiger partial charge on any atom is -0.445 e. The van der Waals surface area contributed by atoms with Crippen molar-refractivity contribution in [3.63, 3.8) is 0 Å². The van der Waals surface area contributed by atoms with Gasteiger partial charge in [0.2, 0.25) is 5.91 Å². The smallest absolute Gasteiger partial charge is 0.219 e. The topological polar surface area (TPSA) is 59.2 Å². The van der Waals surface area contributed by atoms with Crippen LogP contribution in [0.4, 0.5) is 0 Å². The van der Waals surface area contributed by atoms with Gasteiger partial charge in [-0.05, 0) is 18.1 Å². The second-order valence-electron chi connectivity index (χ2n) is 5.03. The van der Waals surface area contributed by atoms with Crippen LogP contribution in [0.2, 0.25) is 0 Å². The Labute approximate surface area is 117 Å². The Bertz CT molecular complexity index is 607. The zero-order chi connectivity index (χ0) is 13.9. The molecule has 2 aromatic rings. The number of pyridine rings is 1. The maximum absolute atomic E-state index is 11.4. The second-order valence-corrected chi connectivity index (χ2v) is 5.03. The fourth-order valence-electron chi connectivity index (χ4n) is 2.43. The lowest BCUT2D eigenvalue weighted by Gasteiger charge is -2.23. The molecule has 0 aromatic carbocycles. The summed E-state index contributed by atoms with van der Waals surface area (Å²) in [6.07, 6.45) is 6.02. The van der Waals surface area contributed by atoms with Crippen molar-refractivity contribution in [1.29, 1.82) is 0 Å². The van der Waals surface area contributed by atoms with Gasteiger partial charge in [0, 0.05) is 38.7 Å². The Balaban J connectivity index is 1.67. The van der Waals surface area contributed by atoms with E-state index in [1.807, 2.05) is 18.3 Å². The van der Waals surface area contributed by atoms with Gasteiger partial charge in [-0.15, -0.1) is 0 Å². The average Bonchev–Trinajstić information content (AvgIpc) is 2.88. The predicted octanol–water partition coefficient (Wildman–Crippen LogP) is 1.76. The summed E-state index contributed by atoms with van der Waals surface area (Å²) in [5.74, 6) is 1.78. The number of aromatic nitrogens is 2. The third kappa shape index (κ3) is 2.71. The van der Waals surface area contributed by atoms with Gasteiger partial charge in [0.15, 0.2) is 5.89 Å². The van der Waals surface area contributed by atoms with Crippen molar-refractivity contribution in [2.75, 3.05) is 6.54 Å². The van der Waals surface area contributed by atoms with Crippen LogP contribution in [-0.4, -0.2) is 27.3 Å². The minimum absolute atomic E-state index is 0.0931. The van der Waals surface area contributed by atoms with Crippen LogP contribution in [0.15, 0.2) is 28.9 Å². The summed E-state index contributed by atoms with van der Waals surface area (Å²) in [4.78, 5) is 21.8. The van der Waals surface area contributed by atoms with Gasteiger partial charge in [0.1, 0.15) is 11.5 Å². The summed E-state index contributed by atoms with van der Waals surface area (Å²) < 4.78 is 5.79. The van der Waals surface area contributed by atoms with E-state index in [4.69, 9.17) is 4.42 Å². The Morgan fingerprint density at radius 3 is 3.10 bits per heavy atom. The van der Waals surface area contributed by atoms with Gasteiger partial charge in [0.05, 0.1) is 6.54 Å². The van der Waals surface area contributed by atoms with Crippen molar-refractivity contribution in [2.24, 2.45) is 0 Å². The summed E-state index contributed by atoms with van der Waals surface area (Å²) in [5.41, 5.74) is 2.08. The Kier molecular flexibility index (Phi) is 3.50. The van der Waals surface area contributed by atoms with Crippen LogP contribution < -0.4 is 0 Å². The molecule has 20 heavy (non-hydrogen) atoms. The van der Waals surface area contributed by atoms with Gasteiger partial charge in [0.25, 0.3) is 0 Å². The van der Waals surface area contributed by atoms with E-state index in [0.29, 0.717) is 6.54 Å². The molecule has 0 fully saturated rings. The van der Waals surface area contributed by atoms with Crippen molar-refractivity contribution < 1.29 is 9.21 Å². The second kappa shape index (κ2) is 5.45. The fraction of sp³-hybridized carbons (Fsp3) is 0.400. The molecular formula is C15H17N3O2. The van der Waals surface area contributed by atoms with Crippen LogP contribution in [-0.2, 0) is 30.6 Å². The molecule has 104 valence electrons. The first-order chi connectivity index (χ1) is 9.72. The van der Waals surface area contributed by atoms with E-state index in [-0.39, 0.29) is 5.91 Å². The largest absolute Gasteiger partial charge is 0.445 e. The summed E-state index contributed by atoms with van der Waals surface area (Å²) in [6, 6.07) is 3.98. The van der Waals surface area contributed by atoms with Crippen LogP contribution in [0.1, 0.15) is 29.8 Å². The molecule has 1 amide bonds. The fourth-order valence-corrected chi connectivity index (χ4v) is 2.43. The highest BCUT2D eigenvalue weighted by Crippen LogP contribution is 2.20. The Morgan fingerprint density at radius 2 is 2.35 bits per heavy atom. The number of carbonyl (C=O) groups excluding carboxylic acids is 1. The summed E-state index contributed by atoms with van der Waals surface area (Å²) >= 11 is 0. The molecule has 3 heterocycles. The van der Waals surface area contributed by atoms with Gasteiger partial charge in [-0.2, -0.15) is 0 Å². The van der Waals surface area contributed by atoms with Crippen molar-refractivity contribution in [1.82, 2.24) is 14.9 Å². The number of carbonyl (C=O) groups is 1. The van der Waals surface area contributed by atoms with Crippen molar-refractivity contribution in [3.05, 3.63) is 47.4 Å². The molecule has 1 aliphatic heterocycles. The quantitative estimate of drug-likeness (QED) is 0.853. The number of oxazole rings is 1. The predicted molar refractivity (Wildman–Crippen MR) is 72.9 cm³/mol. The van der Waals surface area contributed by atoms with Crippen LogP contribution in [0, 0.1) is 0 Å².